The molecule has 0 atom stereocenters. The van der Waals surface area contributed by atoms with Crippen LogP contribution in [0.3, 0.4) is 0 Å². The van der Waals surface area contributed by atoms with E-state index in [9.17, 15) is 9.59 Å². The molecular weight excluding hydrogens is 262 g/mol. The number of carbonyl (C=O) groups excluding carboxylic acids is 1. The number of nitrogens with one attached hydrogen (secondary N) is 1. The first-order valence-electron chi connectivity index (χ1n) is 5.19. The Morgan fingerprint density at radius 2 is 1.87 bits per heavy atom. The van der Waals surface area contributed by atoms with Crippen molar-refractivity contribution in [1.82, 2.24) is 5.32 Å². The third kappa shape index (κ3) is 4.20. The van der Waals surface area contributed by atoms with E-state index in [1.54, 1.807) is 0 Å². The third-order valence-corrected chi connectivity index (χ3v) is 3.41. The van der Waals surface area contributed by atoms with Gasteiger partial charge < -0.3 is 10.4 Å². The zero-order valence-corrected chi connectivity index (χ0v) is 10.1. The van der Waals surface area contributed by atoms with Crippen LogP contribution in [-0.2, 0) is 9.59 Å². The quantitative estimate of drug-likeness (QED) is 0.764. The molecule has 1 aliphatic rings. The Hall–Kier alpha value is -0.580. The smallest absolute Gasteiger partial charge is 0.306 e. The van der Waals surface area contributed by atoms with E-state index in [0.717, 1.165) is 25.7 Å². The lowest BCUT2D eigenvalue weighted by molar-refractivity contribution is -0.143. The van der Waals surface area contributed by atoms with Crippen molar-refractivity contribution >= 4 is 27.8 Å². The summed E-state index contributed by atoms with van der Waals surface area (Å²) in [7, 11) is 0. The first-order valence-corrected chi connectivity index (χ1v) is 6.31. The number of rotatable bonds is 4. The molecule has 1 saturated carbocycles. The number of aliphatic carboxylic acids is 1. The molecule has 4 nitrogen and oxygen atoms in total. The molecule has 15 heavy (non-hydrogen) atoms. The van der Waals surface area contributed by atoms with Gasteiger partial charge >= 0.3 is 5.97 Å². The fourth-order valence-corrected chi connectivity index (χ4v) is 2.12. The van der Waals surface area contributed by atoms with Crippen molar-refractivity contribution in [3.8, 4) is 0 Å². The van der Waals surface area contributed by atoms with Gasteiger partial charge in [0, 0.05) is 6.54 Å². The molecular formula is C10H16BrNO3. The van der Waals surface area contributed by atoms with Gasteiger partial charge in [-0.3, -0.25) is 9.59 Å². The number of hydrogen-bond acceptors (Lipinski definition) is 2. The Labute approximate surface area is 97.6 Å². The van der Waals surface area contributed by atoms with Crippen LogP contribution in [0.1, 0.15) is 25.7 Å². The van der Waals surface area contributed by atoms with Crippen LogP contribution in [0.2, 0.25) is 0 Å². The second-order valence-corrected chi connectivity index (χ2v) is 4.55. The molecule has 0 saturated heterocycles. The number of amides is 1. The highest BCUT2D eigenvalue weighted by atomic mass is 79.9. The molecule has 1 fully saturated rings. The van der Waals surface area contributed by atoms with E-state index in [4.69, 9.17) is 5.11 Å². The average Bonchev–Trinajstić information content (AvgIpc) is 2.26. The van der Waals surface area contributed by atoms with Crippen molar-refractivity contribution in [3.05, 3.63) is 0 Å². The van der Waals surface area contributed by atoms with Gasteiger partial charge in [-0.1, -0.05) is 15.9 Å². The molecule has 0 spiro atoms. The van der Waals surface area contributed by atoms with E-state index in [-0.39, 0.29) is 11.8 Å². The Balaban J connectivity index is 2.20. The summed E-state index contributed by atoms with van der Waals surface area (Å²) in [4.78, 5) is 21.7. The van der Waals surface area contributed by atoms with Crippen LogP contribution in [0.4, 0.5) is 0 Å². The number of alkyl halides is 1. The monoisotopic (exact) mass is 277 g/mol. The van der Waals surface area contributed by atoms with Crippen molar-refractivity contribution in [2.75, 3.05) is 11.9 Å². The normalized spacial score (nSPS) is 25.9. The molecule has 1 amide bonds. The Kier molecular flexibility index (Phi) is 5.08. The molecule has 0 aromatic rings. The van der Waals surface area contributed by atoms with Crippen molar-refractivity contribution in [1.29, 1.82) is 0 Å². The molecule has 0 radical (unpaired) electrons. The minimum atomic E-state index is -0.682. The lowest BCUT2D eigenvalue weighted by Crippen LogP contribution is -2.32. The fourth-order valence-electron chi connectivity index (χ4n) is 1.92. The summed E-state index contributed by atoms with van der Waals surface area (Å²) in [6.07, 6.45) is 3.29. The van der Waals surface area contributed by atoms with E-state index >= 15 is 0 Å². The summed E-state index contributed by atoms with van der Waals surface area (Å²) in [5, 5.41) is 11.9. The summed E-state index contributed by atoms with van der Waals surface area (Å²) in [5.74, 6) is -0.412. The van der Waals surface area contributed by atoms with Crippen LogP contribution >= 0.6 is 15.9 Å². The Morgan fingerprint density at radius 1 is 1.27 bits per heavy atom. The number of halogens is 1. The van der Waals surface area contributed by atoms with Crippen LogP contribution in [0.5, 0.6) is 0 Å². The SMILES string of the molecule is O=C(CBr)NCC1CCC(C(=O)O)CC1. The predicted molar refractivity (Wildman–Crippen MR) is 59.9 cm³/mol. The molecule has 86 valence electrons. The van der Waals surface area contributed by atoms with Crippen LogP contribution in [0.15, 0.2) is 0 Å². The lowest BCUT2D eigenvalue weighted by atomic mass is 9.82. The molecule has 1 aliphatic carbocycles. The topological polar surface area (TPSA) is 66.4 Å². The molecule has 0 heterocycles. The molecule has 0 unspecified atom stereocenters. The van der Waals surface area contributed by atoms with Crippen molar-refractivity contribution in [2.45, 2.75) is 25.7 Å². The van der Waals surface area contributed by atoms with Crippen molar-refractivity contribution < 1.29 is 14.7 Å². The summed E-state index contributed by atoms with van der Waals surface area (Å²) < 4.78 is 0. The zero-order chi connectivity index (χ0) is 11.3. The lowest BCUT2D eigenvalue weighted by Gasteiger charge is -2.25. The highest BCUT2D eigenvalue weighted by molar-refractivity contribution is 9.09. The maximum atomic E-state index is 11.0. The molecule has 5 heteroatoms. The standard InChI is InChI=1S/C10H16BrNO3/c11-5-9(13)12-6-7-1-3-8(4-2-7)10(14)15/h7-8H,1-6H2,(H,12,13)(H,14,15). The number of carboxylic acids is 1. The van der Waals surface area contributed by atoms with E-state index < -0.39 is 5.97 Å². The number of hydrogen-bond donors (Lipinski definition) is 2. The van der Waals surface area contributed by atoms with Crippen LogP contribution in [-0.4, -0.2) is 28.9 Å². The van der Waals surface area contributed by atoms with Gasteiger partial charge in [0.2, 0.25) is 5.91 Å². The minimum Gasteiger partial charge on any atom is -0.481 e. The molecule has 2 N–H and O–H groups in total. The first-order chi connectivity index (χ1) is 7.13. The first kappa shape index (κ1) is 12.5. The molecule has 0 aliphatic heterocycles. The van der Waals surface area contributed by atoms with Gasteiger partial charge in [-0.25, -0.2) is 0 Å². The highest BCUT2D eigenvalue weighted by Gasteiger charge is 2.25. The van der Waals surface area contributed by atoms with Gasteiger partial charge in [-0.05, 0) is 31.6 Å². The summed E-state index contributed by atoms with van der Waals surface area (Å²) in [6.45, 7) is 0.677. The van der Waals surface area contributed by atoms with E-state index in [1.165, 1.54) is 0 Å². The summed E-state index contributed by atoms with van der Waals surface area (Å²) >= 11 is 3.08. The Morgan fingerprint density at radius 3 is 2.33 bits per heavy atom. The third-order valence-electron chi connectivity index (χ3n) is 2.91. The fraction of sp³-hybridized carbons (Fsp3) is 0.800. The van der Waals surface area contributed by atoms with Gasteiger partial charge in [-0.15, -0.1) is 0 Å². The Bertz CT molecular complexity index is 237. The van der Waals surface area contributed by atoms with E-state index in [1.807, 2.05) is 0 Å². The minimum absolute atomic E-state index is 0.00430. The van der Waals surface area contributed by atoms with Crippen LogP contribution < -0.4 is 5.32 Å². The van der Waals surface area contributed by atoms with Gasteiger partial charge in [0.25, 0.3) is 0 Å². The van der Waals surface area contributed by atoms with E-state index in [0.29, 0.717) is 17.8 Å². The van der Waals surface area contributed by atoms with Gasteiger partial charge in [0.15, 0.2) is 0 Å². The number of carboxylic acid groups (broad SMARTS) is 1. The second kappa shape index (κ2) is 6.10. The van der Waals surface area contributed by atoms with Crippen LogP contribution in [0.25, 0.3) is 0 Å². The van der Waals surface area contributed by atoms with Gasteiger partial charge in [0.1, 0.15) is 0 Å². The van der Waals surface area contributed by atoms with Gasteiger partial charge in [0.05, 0.1) is 11.2 Å². The molecule has 0 aromatic carbocycles. The molecule has 1 rings (SSSR count). The second-order valence-electron chi connectivity index (χ2n) is 3.99. The van der Waals surface area contributed by atoms with Crippen molar-refractivity contribution in [3.63, 3.8) is 0 Å². The molecule has 0 bridgehead atoms. The van der Waals surface area contributed by atoms with Crippen molar-refractivity contribution in [2.24, 2.45) is 11.8 Å². The summed E-state index contributed by atoms with van der Waals surface area (Å²) in [6, 6.07) is 0. The largest absolute Gasteiger partial charge is 0.481 e. The van der Waals surface area contributed by atoms with Crippen LogP contribution in [0, 0.1) is 11.8 Å². The average molecular weight is 278 g/mol. The summed E-state index contributed by atoms with van der Waals surface area (Å²) in [5.41, 5.74) is 0. The number of carbonyl (C=O) groups is 2. The maximum absolute atomic E-state index is 11.0. The highest BCUT2D eigenvalue weighted by Crippen LogP contribution is 2.28. The zero-order valence-electron chi connectivity index (χ0n) is 8.54. The van der Waals surface area contributed by atoms with E-state index in [2.05, 4.69) is 21.2 Å². The maximum Gasteiger partial charge on any atom is 0.306 e. The predicted octanol–water partition coefficient (Wildman–Crippen LogP) is 1.39. The molecule has 0 aromatic heterocycles. The van der Waals surface area contributed by atoms with Gasteiger partial charge in [-0.2, -0.15) is 0 Å².